The molecule has 1 fully saturated rings. The van der Waals surface area contributed by atoms with Gasteiger partial charge in [0.05, 0.1) is 10.7 Å². The molecule has 1 unspecified atom stereocenters. The van der Waals surface area contributed by atoms with Gasteiger partial charge in [-0.05, 0) is 44.8 Å². The highest BCUT2D eigenvalue weighted by molar-refractivity contribution is 7.13. The van der Waals surface area contributed by atoms with Crippen LogP contribution in [0.15, 0.2) is 30.3 Å². The molecule has 1 aliphatic heterocycles. The summed E-state index contributed by atoms with van der Waals surface area (Å²) in [6, 6.07) is 10.3. The van der Waals surface area contributed by atoms with Crippen LogP contribution in [0.25, 0.3) is 0 Å². The Bertz CT molecular complexity index is 681. The summed E-state index contributed by atoms with van der Waals surface area (Å²) in [6.07, 6.45) is 3.08. The van der Waals surface area contributed by atoms with Gasteiger partial charge in [-0.1, -0.05) is 30.3 Å². The normalized spacial score (nSPS) is 17.9. The van der Waals surface area contributed by atoms with E-state index < -0.39 is 0 Å². The summed E-state index contributed by atoms with van der Waals surface area (Å²) in [5.74, 6) is 0.717. The number of carbonyl (C=O) groups is 1. The van der Waals surface area contributed by atoms with Gasteiger partial charge in [-0.3, -0.25) is 4.79 Å². The second-order valence-electron chi connectivity index (χ2n) is 6.50. The Morgan fingerprint density at radius 2 is 2.17 bits per heavy atom. The van der Waals surface area contributed by atoms with Crippen LogP contribution >= 0.6 is 11.3 Å². The highest BCUT2D eigenvalue weighted by Crippen LogP contribution is 2.25. The maximum atomic E-state index is 12.9. The zero-order valence-electron chi connectivity index (χ0n) is 14.4. The number of rotatable bonds is 5. The molecule has 1 amide bonds. The van der Waals surface area contributed by atoms with E-state index in [4.69, 9.17) is 0 Å². The number of nitrogens with one attached hydrogen (secondary N) is 1. The van der Waals surface area contributed by atoms with E-state index in [-0.39, 0.29) is 5.91 Å². The predicted molar refractivity (Wildman–Crippen MR) is 98.7 cm³/mol. The van der Waals surface area contributed by atoms with E-state index in [0.29, 0.717) is 5.92 Å². The Morgan fingerprint density at radius 3 is 2.92 bits per heavy atom. The van der Waals surface area contributed by atoms with E-state index in [1.165, 1.54) is 12.0 Å². The SMILES string of the molecule is CNCC1CCCN(C(=O)c2sc(Cc3ccccc3)nc2C)C1. The summed E-state index contributed by atoms with van der Waals surface area (Å²) < 4.78 is 0. The fraction of sp³-hybridized carbons (Fsp3) is 0.474. The zero-order chi connectivity index (χ0) is 16.9. The molecule has 0 spiro atoms. The fourth-order valence-corrected chi connectivity index (χ4v) is 4.41. The van der Waals surface area contributed by atoms with E-state index >= 15 is 0 Å². The van der Waals surface area contributed by atoms with Crippen molar-refractivity contribution < 1.29 is 4.79 Å². The van der Waals surface area contributed by atoms with Gasteiger partial charge in [0, 0.05) is 19.5 Å². The molecule has 1 aromatic carbocycles. The number of carbonyl (C=O) groups excluding carboxylic acids is 1. The maximum absolute atomic E-state index is 12.9. The van der Waals surface area contributed by atoms with Crippen LogP contribution in [-0.2, 0) is 6.42 Å². The van der Waals surface area contributed by atoms with Crippen molar-refractivity contribution in [3.8, 4) is 0 Å². The van der Waals surface area contributed by atoms with E-state index in [1.54, 1.807) is 11.3 Å². The van der Waals surface area contributed by atoms with Gasteiger partial charge in [-0.2, -0.15) is 0 Å². The van der Waals surface area contributed by atoms with Crippen LogP contribution in [0.2, 0.25) is 0 Å². The van der Waals surface area contributed by atoms with Gasteiger partial charge in [0.15, 0.2) is 0 Å². The Morgan fingerprint density at radius 1 is 1.38 bits per heavy atom. The van der Waals surface area contributed by atoms with Gasteiger partial charge in [-0.25, -0.2) is 4.98 Å². The van der Waals surface area contributed by atoms with E-state index in [0.717, 1.165) is 48.1 Å². The Hall–Kier alpha value is -1.72. The summed E-state index contributed by atoms with van der Waals surface area (Å²) in [7, 11) is 1.98. The van der Waals surface area contributed by atoms with Crippen LogP contribution in [0.1, 0.15) is 38.8 Å². The minimum atomic E-state index is 0.158. The van der Waals surface area contributed by atoms with Crippen molar-refractivity contribution in [2.45, 2.75) is 26.2 Å². The lowest BCUT2D eigenvalue weighted by atomic mass is 9.98. The van der Waals surface area contributed by atoms with Crippen molar-refractivity contribution in [2.24, 2.45) is 5.92 Å². The third-order valence-electron chi connectivity index (χ3n) is 4.53. The highest BCUT2D eigenvalue weighted by atomic mass is 32.1. The number of piperidine rings is 1. The molecule has 3 rings (SSSR count). The molecule has 24 heavy (non-hydrogen) atoms. The molecule has 1 N–H and O–H groups in total. The Labute approximate surface area is 147 Å². The van der Waals surface area contributed by atoms with Crippen molar-refractivity contribution in [1.29, 1.82) is 0 Å². The van der Waals surface area contributed by atoms with Gasteiger partial charge in [0.25, 0.3) is 5.91 Å². The minimum absolute atomic E-state index is 0.158. The molecule has 4 nitrogen and oxygen atoms in total. The first-order valence-corrected chi connectivity index (χ1v) is 9.43. The predicted octanol–water partition coefficient (Wildman–Crippen LogP) is 3.11. The second kappa shape index (κ2) is 7.90. The quantitative estimate of drug-likeness (QED) is 0.907. The molecule has 0 radical (unpaired) electrons. The number of aryl methyl sites for hydroxylation is 1. The van der Waals surface area contributed by atoms with Gasteiger partial charge >= 0.3 is 0 Å². The molecule has 0 bridgehead atoms. The fourth-order valence-electron chi connectivity index (χ4n) is 3.35. The third kappa shape index (κ3) is 4.02. The number of nitrogens with zero attached hydrogens (tertiary/aromatic N) is 2. The topological polar surface area (TPSA) is 45.2 Å². The van der Waals surface area contributed by atoms with Crippen molar-refractivity contribution in [3.05, 3.63) is 51.5 Å². The van der Waals surface area contributed by atoms with Crippen LogP contribution in [0.5, 0.6) is 0 Å². The molecule has 0 aliphatic carbocycles. The van der Waals surface area contributed by atoms with Crippen LogP contribution < -0.4 is 5.32 Å². The Balaban J connectivity index is 1.71. The standard InChI is InChI=1S/C19H25N3OS/c1-14-18(19(23)22-10-6-9-16(13-22)12-20-2)24-17(21-14)11-15-7-4-3-5-8-15/h3-5,7-8,16,20H,6,9-13H2,1-2H3. The molecule has 2 heterocycles. The minimum Gasteiger partial charge on any atom is -0.338 e. The van der Waals surface area contributed by atoms with E-state index in [2.05, 4.69) is 22.4 Å². The molecule has 5 heteroatoms. The number of thiazole rings is 1. The smallest absolute Gasteiger partial charge is 0.265 e. The van der Waals surface area contributed by atoms with Crippen LogP contribution in [-0.4, -0.2) is 42.5 Å². The number of likely N-dealkylation sites (tertiary alicyclic amines) is 1. The first-order valence-electron chi connectivity index (χ1n) is 8.61. The van der Waals surface area contributed by atoms with Crippen molar-refractivity contribution in [3.63, 3.8) is 0 Å². The van der Waals surface area contributed by atoms with Gasteiger partial charge < -0.3 is 10.2 Å². The van der Waals surface area contributed by atoms with Gasteiger partial charge in [-0.15, -0.1) is 11.3 Å². The lowest BCUT2D eigenvalue weighted by Gasteiger charge is -2.32. The van der Waals surface area contributed by atoms with Crippen molar-refractivity contribution in [2.75, 3.05) is 26.7 Å². The molecule has 1 atom stereocenters. The van der Waals surface area contributed by atoms with Crippen LogP contribution in [0, 0.1) is 12.8 Å². The third-order valence-corrected chi connectivity index (χ3v) is 5.68. The van der Waals surface area contributed by atoms with E-state index in [1.807, 2.05) is 37.1 Å². The van der Waals surface area contributed by atoms with Crippen molar-refractivity contribution in [1.82, 2.24) is 15.2 Å². The average molecular weight is 343 g/mol. The van der Waals surface area contributed by atoms with Gasteiger partial charge in [0.2, 0.25) is 0 Å². The molecule has 128 valence electrons. The zero-order valence-corrected chi connectivity index (χ0v) is 15.2. The molecular formula is C19H25N3OS. The number of hydrogen-bond acceptors (Lipinski definition) is 4. The number of amides is 1. The lowest BCUT2D eigenvalue weighted by Crippen LogP contribution is -2.42. The van der Waals surface area contributed by atoms with Crippen LogP contribution in [0.4, 0.5) is 0 Å². The molecule has 2 aromatic rings. The summed E-state index contributed by atoms with van der Waals surface area (Å²) in [5, 5.41) is 4.25. The summed E-state index contributed by atoms with van der Waals surface area (Å²) in [6.45, 7) is 4.65. The molecule has 1 saturated heterocycles. The summed E-state index contributed by atoms with van der Waals surface area (Å²) >= 11 is 1.55. The van der Waals surface area contributed by atoms with E-state index in [9.17, 15) is 4.79 Å². The Kier molecular flexibility index (Phi) is 5.63. The highest BCUT2D eigenvalue weighted by Gasteiger charge is 2.26. The molecular weight excluding hydrogens is 318 g/mol. The molecule has 1 aliphatic rings. The second-order valence-corrected chi connectivity index (χ2v) is 7.59. The number of hydrogen-bond donors (Lipinski definition) is 1. The lowest BCUT2D eigenvalue weighted by molar-refractivity contribution is 0.0678. The monoisotopic (exact) mass is 343 g/mol. The molecule has 0 saturated carbocycles. The van der Waals surface area contributed by atoms with Crippen molar-refractivity contribution >= 4 is 17.2 Å². The first kappa shape index (κ1) is 17.1. The maximum Gasteiger partial charge on any atom is 0.265 e. The molecule has 1 aromatic heterocycles. The summed E-state index contributed by atoms with van der Waals surface area (Å²) in [4.78, 5) is 20.4. The van der Waals surface area contributed by atoms with Gasteiger partial charge in [0.1, 0.15) is 4.88 Å². The van der Waals surface area contributed by atoms with Crippen LogP contribution in [0.3, 0.4) is 0 Å². The average Bonchev–Trinajstić information content (AvgIpc) is 2.96. The largest absolute Gasteiger partial charge is 0.338 e. The number of aromatic nitrogens is 1. The summed E-state index contributed by atoms with van der Waals surface area (Å²) in [5.41, 5.74) is 2.10. The first-order chi connectivity index (χ1) is 11.7. The number of benzene rings is 1.